The minimum absolute atomic E-state index is 0.0558. The van der Waals surface area contributed by atoms with Crippen LogP contribution >= 0.6 is 11.3 Å². The fraction of sp³-hybridized carbons (Fsp3) is 0.545. The van der Waals surface area contributed by atoms with Crippen LogP contribution in [0.5, 0.6) is 0 Å². The van der Waals surface area contributed by atoms with Gasteiger partial charge in [0, 0.05) is 11.4 Å². The van der Waals surface area contributed by atoms with Crippen molar-refractivity contribution < 1.29 is 4.79 Å². The summed E-state index contributed by atoms with van der Waals surface area (Å²) < 4.78 is 0. The molecule has 3 nitrogen and oxygen atoms in total. The van der Waals surface area contributed by atoms with Gasteiger partial charge in [-0.1, -0.05) is 12.8 Å². The van der Waals surface area contributed by atoms with Crippen molar-refractivity contribution in [3.63, 3.8) is 0 Å². The Bertz CT molecular complexity index is 304. The van der Waals surface area contributed by atoms with Gasteiger partial charge in [-0.3, -0.25) is 4.79 Å². The zero-order chi connectivity index (χ0) is 10.5. The Morgan fingerprint density at radius 1 is 1.47 bits per heavy atom. The highest BCUT2D eigenvalue weighted by molar-refractivity contribution is 7.08. The summed E-state index contributed by atoms with van der Waals surface area (Å²) in [5.41, 5.74) is 0.901. The lowest BCUT2D eigenvalue weighted by molar-refractivity contribution is -0.115. The standard InChI is InChI=1S/C11H16N2OS/c14-11(13-10-5-6-15-8-10)7-12-9-3-1-2-4-9/h5-6,8-9,12H,1-4,7H2,(H,13,14). The maximum Gasteiger partial charge on any atom is 0.238 e. The summed E-state index contributed by atoms with van der Waals surface area (Å²) in [7, 11) is 0. The molecule has 0 spiro atoms. The minimum atomic E-state index is 0.0558. The van der Waals surface area contributed by atoms with E-state index in [1.165, 1.54) is 25.7 Å². The Balaban J connectivity index is 1.68. The number of thiophene rings is 1. The monoisotopic (exact) mass is 224 g/mol. The first-order valence-corrected chi connectivity index (χ1v) is 6.34. The molecular weight excluding hydrogens is 208 g/mol. The molecule has 0 unspecified atom stereocenters. The fourth-order valence-corrected chi connectivity index (χ4v) is 2.50. The Labute approximate surface area is 93.9 Å². The van der Waals surface area contributed by atoms with Crippen molar-refractivity contribution in [3.8, 4) is 0 Å². The van der Waals surface area contributed by atoms with Gasteiger partial charge in [0.15, 0.2) is 0 Å². The lowest BCUT2D eigenvalue weighted by Gasteiger charge is -2.10. The number of anilines is 1. The summed E-state index contributed by atoms with van der Waals surface area (Å²) in [6, 6.07) is 2.47. The van der Waals surface area contributed by atoms with Crippen LogP contribution in [0.25, 0.3) is 0 Å². The third-order valence-corrected chi connectivity index (χ3v) is 3.39. The number of carbonyl (C=O) groups is 1. The average molecular weight is 224 g/mol. The Hall–Kier alpha value is -0.870. The molecule has 15 heavy (non-hydrogen) atoms. The summed E-state index contributed by atoms with van der Waals surface area (Å²) in [6.45, 7) is 0.431. The zero-order valence-electron chi connectivity index (χ0n) is 8.66. The first-order chi connectivity index (χ1) is 7.34. The van der Waals surface area contributed by atoms with Gasteiger partial charge in [-0.25, -0.2) is 0 Å². The Morgan fingerprint density at radius 3 is 2.93 bits per heavy atom. The van der Waals surface area contributed by atoms with Gasteiger partial charge in [0.05, 0.1) is 12.2 Å². The molecule has 0 aliphatic heterocycles. The van der Waals surface area contributed by atoms with E-state index in [-0.39, 0.29) is 5.91 Å². The SMILES string of the molecule is O=C(CNC1CCCC1)Nc1ccsc1. The highest BCUT2D eigenvalue weighted by atomic mass is 32.1. The van der Waals surface area contributed by atoms with E-state index in [0.29, 0.717) is 12.6 Å². The molecule has 0 bridgehead atoms. The largest absolute Gasteiger partial charge is 0.324 e. The van der Waals surface area contributed by atoms with Gasteiger partial charge in [0.1, 0.15) is 0 Å². The predicted octanol–water partition coefficient (Wildman–Crippen LogP) is 2.22. The van der Waals surface area contributed by atoms with Crippen LogP contribution in [0.1, 0.15) is 25.7 Å². The number of carbonyl (C=O) groups excluding carboxylic acids is 1. The van der Waals surface area contributed by atoms with Crippen molar-refractivity contribution in [1.29, 1.82) is 0 Å². The van der Waals surface area contributed by atoms with Crippen LogP contribution in [-0.2, 0) is 4.79 Å². The lowest BCUT2D eigenvalue weighted by atomic mass is 10.2. The second-order valence-electron chi connectivity index (χ2n) is 3.92. The van der Waals surface area contributed by atoms with Gasteiger partial charge in [-0.15, -0.1) is 0 Å². The second-order valence-corrected chi connectivity index (χ2v) is 4.70. The molecule has 0 radical (unpaired) electrons. The van der Waals surface area contributed by atoms with E-state index in [9.17, 15) is 4.79 Å². The van der Waals surface area contributed by atoms with Crippen molar-refractivity contribution in [2.24, 2.45) is 0 Å². The third-order valence-electron chi connectivity index (χ3n) is 2.71. The van der Waals surface area contributed by atoms with E-state index in [1.807, 2.05) is 16.8 Å². The molecule has 0 atom stereocenters. The Kier molecular flexibility index (Phi) is 3.75. The van der Waals surface area contributed by atoms with Crippen LogP contribution in [0.2, 0.25) is 0 Å². The van der Waals surface area contributed by atoms with Crippen molar-refractivity contribution in [3.05, 3.63) is 16.8 Å². The summed E-state index contributed by atoms with van der Waals surface area (Å²) in [5, 5.41) is 10.0. The van der Waals surface area contributed by atoms with Crippen molar-refractivity contribution >= 4 is 22.9 Å². The number of amides is 1. The molecule has 1 aromatic rings. The number of nitrogens with one attached hydrogen (secondary N) is 2. The summed E-state index contributed by atoms with van der Waals surface area (Å²) >= 11 is 1.59. The molecule has 0 aromatic carbocycles. The normalized spacial score (nSPS) is 16.8. The molecule has 2 N–H and O–H groups in total. The topological polar surface area (TPSA) is 41.1 Å². The van der Waals surface area contributed by atoms with E-state index in [4.69, 9.17) is 0 Å². The van der Waals surface area contributed by atoms with Crippen LogP contribution in [0, 0.1) is 0 Å². The first-order valence-electron chi connectivity index (χ1n) is 5.40. The minimum Gasteiger partial charge on any atom is -0.324 e. The van der Waals surface area contributed by atoms with E-state index < -0.39 is 0 Å². The van der Waals surface area contributed by atoms with Crippen molar-refractivity contribution in [2.45, 2.75) is 31.7 Å². The van der Waals surface area contributed by atoms with E-state index in [2.05, 4.69) is 10.6 Å². The van der Waals surface area contributed by atoms with Gasteiger partial charge in [-0.05, 0) is 24.3 Å². The molecule has 1 amide bonds. The number of rotatable bonds is 4. The molecule has 4 heteroatoms. The molecule has 82 valence electrons. The van der Waals surface area contributed by atoms with Gasteiger partial charge < -0.3 is 10.6 Å². The van der Waals surface area contributed by atoms with Crippen LogP contribution in [0.4, 0.5) is 5.69 Å². The van der Waals surface area contributed by atoms with Crippen LogP contribution in [0.3, 0.4) is 0 Å². The third kappa shape index (κ3) is 3.32. The zero-order valence-corrected chi connectivity index (χ0v) is 9.48. The number of hydrogen-bond donors (Lipinski definition) is 2. The fourth-order valence-electron chi connectivity index (χ4n) is 1.91. The molecular formula is C11H16N2OS. The van der Waals surface area contributed by atoms with Gasteiger partial charge in [0.25, 0.3) is 0 Å². The van der Waals surface area contributed by atoms with Crippen LogP contribution in [-0.4, -0.2) is 18.5 Å². The Morgan fingerprint density at radius 2 is 2.27 bits per heavy atom. The first kappa shape index (κ1) is 10.6. The maximum absolute atomic E-state index is 11.5. The average Bonchev–Trinajstić information content (AvgIpc) is 2.86. The van der Waals surface area contributed by atoms with E-state index in [1.54, 1.807) is 11.3 Å². The molecule has 1 heterocycles. The van der Waals surface area contributed by atoms with E-state index in [0.717, 1.165) is 5.69 Å². The number of hydrogen-bond acceptors (Lipinski definition) is 3. The lowest BCUT2D eigenvalue weighted by Crippen LogP contribution is -2.34. The molecule has 1 aliphatic carbocycles. The predicted molar refractivity (Wildman–Crippen MR) is 63.2 cm³/mol. The second kappa shape index (κ2) is 5.28. The molecule has 2 rings (SSSR count). The van der Waals surface area contributed by atoms with E-state index >= 15 is 0 Å². The van der Waals surface area contributed by atoms with Gasteiger partial charge in [0.2, 0.25) is 5.91 Å². The maximum atomic E-state index is 11.5. The van der Waals surface area contributed by atoms with Gasteiger partial charge >= 0.3 is 0 Å². The summed E-state index contributed by atoms with van der Waals surface area (Å²) in [4.78, 5) is 11.5. The van der Waals surface area contributed by atoms with Crippen molar-refractivity contribution in [2.75, 3.05) is 11.9 Å². The van der Waals surface area contributed by atoms with Gasteiger partial charge in [-0.2, -0.15) is 11.3 Å². The van der Waals surface area contributed by atoms with Crippen LogP contribution in [0.15, 0.2) is 16.8 Å². The molecule has 0 saturated heterocycles. The summed E-state index contributed by atoms with van der Waals surface area (Å²) in [5.74, 6) is 0.0558. The molecule has 1 fully saturated rings. The quantitative estimate of drug-likeness (QED) is 0.823. The van der Waals surface area contributed by atoms with Crippen molar-refractivity contribution in [1.82, 2.24) is 5.32 Å². The molecule has 1 aromatic heterocycles. The summed E-state index contributed by atoms with van der Waals surface area (Å²) in [6.07, 6.45) is 5.02. The molecule has 1 aliphatic rings. The highest BCUT2D eigenvalue weighted by Gasteiger charge is 2.15. The smallest absolute Gasteiger partial charge is 0.238 e. The van der Waals surface area contributed by atoms with Crippen LogP contribution < -0.4 is 10.6 Å². The molecule has 1 saturated carbocycles. The highest BCUT2D eigenvalue weighted by Crippen LogP contribution is 2.17.